The van der Waals surface area contributed by atoms with Gasteiger partial charge in [0, 0.05) is 11.6 Å². The van der Waals surface area contributed by atoms with Crippen LogP contribution >= 0.6 is 11.3 Å². The van der Waals surface area contributed by atoms with Crippen molar-refractivity contribution in [1.82, 2.24) is 4.98 Å². The van der Waals surface area contributed by atoms with Crippen molar-refractivity contribution >= 4 is 21.6 Å². The van der Waals surface area contributed by atoms with E-state index in [0.29, 0.717) is 0 Å². The Bertz CT molecular complexity index is 309. The van der Waals surface area contributed by atoms with Gasteiger partial charge >= 0.3 is 0 Å². The van der Waals surface area contributed by atoms with E-state index in [2.05, 4.69) is 36.3 Å². The van der Waals surface area contributed by atoms with Crippen molar-refractivity contribution in [2.75, 3.05) is 0 Å². The lowest BCUT2D eigenvalue weighted by atomic mass is 10.4. The average molecular weight is 223 g/mol. The molecule has 2 aromatic rings. The number of thiophene rings is 1. The van der Waals surface area contributed by atoms with Gasteiger partial charge < -0.3 is 0 Å². The van der Waals surface area contributed by atoms with Crippen LogP contribution < -0.4 is 0 Å². The van der Waals surface area contributed by atoms with E-state index in [4.69, 9.17) is 0 Å². The molecule has 0 unspecified atom stereocenters. The predicted molar refractivity (Wildman–Crippen MR) is 71.6 cm³/mol. The molecule has 0 aliphatic heterocycles. The Morgan fingerprint density at radius 3 is 2.33 bits per heavy atom. The summed E-state index contributed by atoms with van der Waals surface area (Å²) in [6, 6.07) is 6.10. The fraction of sp³-hybridized carbons (Fsp3) is 0.462. The molecule has 2 heteroatoms. The second-order valence-electron chi connectivity index (χ2n) is 2.82. The van der Waals surface area contributed by atoms with Gasteiger partial charge in [0.25, 0.3) is 0 Å². The summed E-state index contributed by atoms with van der Waals surface area (Å²) >= 11 is 1.68. The maximum Gasteiger partial charge on any atom is 0.123 e. The molecule has 0 saturated carbocycles. The normalized spacial score (nSPS) is 8.53. The number of pyridine rings is 1. The number of aromatic nitrogens is 1. The second-order valence-corrected chi connectivity index (χ2v) is 3.71. The van der Waals surface area contributed by atoms with Crippen LogP contribution in [0.15, 0.2) is 29.8 Å². The largest absolute Gasteiger partial charge is 0.245 e. The van der Waals surface area contributed by atoms with E-state index in [0.717, 1.165) is 4.83 Å². The minimum atomic E-state index is 1.12. The lowest BCUT2D eigenvalue weighted by molar-refractivity contribution is 0.886. The molecule has 0 aromatic carbocycles. The third kappa shape index (κ3) is 5.53. The third-order valence-corrected chi connectivity index (χ3v) is 2.56. The van der Waals surface area contributed by atoms with Crippen LogP contribution in [0.25, 0.3) is 10.2 Å². The molecule has 0 fully saturated rings. The van der Waals surface area contributed by atoms with Crippen LogP contribution in [-0.4, -0.2) is 4.98 Å². The molecule has 2 aromatic heterocycles. The number of hydrogen-bond acceptors (Lipinski definition) is 2. The minimum absolute atomic E-state index is 1.12. The molecule has 0 aliphatic rings. The molecule has 0 radical (unpaired) electrons. The first kappa shape index (κ1) is 14.1. The van der Waals surface area contributed by atoms with E-state index in [-0.39, 0.29) is 0 Å². The Balaban J connectivity index is 0.000000282. The number of rotatable bonds is 1. The summed E-state index contributed by atoms with van der Waals surface area (Å²) in [7, 11) is 0. The number of hydrogen-bond donors (Lipinski definition) is 0. The quantitative estimate of drug-likeness (QED) is 0.653. The molecule has 1 nitrogen and oxygen atoms in total. The van der Waals surface area contributed by atoms with Gasteiger partial charge in [-0.15, -0.1) is 11.3 Å². The standard InChI is InChI=1S/C7H5NS.C4H10.C2H6/c1-2-6-3-5-9-7(6)8-4-1;1-3-4-2;1-2/h1-5H;3-4H2,1-2H3;1-2H3. The van der Waals surface area contributed by atoms with Crippen LogP contribution in [0.2, 0.25) is 0 Å². The molecule has 2 rings (SSSR count). The van der Waals surface area contributed by atoms with Crippen molar-refractivity contribution < 1.29 is 0 Å². The molecule has 0 atom stereocenters. The summed E-state index contributed by atoms with van der Waals surface area (Å²) < 4.78 is 0. The van der Waals surface area contributed by atoms with E-state index >= 15 is 0 Å². The monoisotopic (exact) mass is 223 g/mol. The summed E-state index contributed by atoms with van der Waals surface area (Å²) in [6.45, 7) is 8.36. The topological polar surface area (TPSA) is 12.9 Å². The van der Waals surface area contributed by atoms with Gasteiger partial charge in [0.15, 0.2) is 0 Å². The molecule has 0 bridgehead atoms. The summed E-state index contributed by atoms with van der Waals surface area (Å²) in [6.07, 6.45) is 4.46. The van der Waals surface area contributed by atoms with Gasteiger partial charge in [0.05, 0.1) is 0 Å². The highest BCUT2D eigenvalue weighted by atomic mass is 32.1. The van der Waals surface area contributed by atoms with Crippen LogP contribution in [-0.2, 0) is 0 Å². The fourth-order valence-corrected chi connectivity index (χ4v) is 1.54. The van der Waals surface area contributed by atoms with E-state index in [1.807, 2.05) is 26.1 Å². The van der Waals surface area contributed by atoms with Crippen LogP contribution in [0, 0.1) is 0 Å². The lowest BCUT2D eigenvalue weighted by Gasteiger charge is -1.81. The van der Waals surface area contributed by atoms with Crippen molar-refractivity contribution in [1.29, 1.82) is 0 Å². The molecule has 0 spiro atoms. The smallest absolute Gasteiger partial charge is 0.123 e. The Morgan fingerprint density at radius 2 is 1.80 bits per heavy atom. The SMILES string of the molecule is CC.CCCC.c1cnc2sccc2c1. The van der Waals surface area contributed by atoms with E-state index < -0.39 is 0 Å². The lowest BCUT2D eigenvalue weighted by Crippen LogP contribution is -1.65. The zero-order valence-corrected chi connectivity index (χ0v) is 11.0. The average Bonchev–Trinajstić information content (AvgIpc) is 2.80. The van der Waals surface area contributed by atoms with Crippen molar-refractivity contribution in [3.63, 3.8) is 0 Å². The van der Waals surface area contributed by atoms with Crippen molar-refractivity contribution in [3.8, 4) is 0 Å². The Hall–Kier alpha value is -0.890. The van der Waals surface area contributed by atoms with E-state index in [9.17, 15) is 0 Å². The summed E-state index contributed by atoms with van der Waals surface area (Å²) in [5.41, 5.74) is 0. The predicted octanol–water partition coefficient (Wildman–Crippen LogP) is 5.13. The van der Waals surface area contributed by atoms with Crippen molar-refractivity contribution in [2.45, 2.75) is 40.5 Å². The second kappa shape index (κ2) is 9.66. The van der Waals surface area contributed by atoms with Gasteiger partial charge in [-0.25, -0.2) is 4.98 Å². The van der Waals surface area contributed by atoms with Gasteiger partial charge in [-0.1, -0.05) is 46.6 Å². The van der Waals surface area contributed by atoms with Crippen LogP contribution in [0.5, 0.6) is 0 Å². The molecular weight excluding hydrogens is 202 g/mol. The van der Waals surface area contributed by atoms with Crippen LogP contribution in [0.1, 0.15) is 40.5 Å². The van der Waals surface area contributed by atoms with E-state index in [1.54, 1.807) is 11.3 Å². The molecule has 0 amide bonds. The van der Waals surface area contributed by atoms with Crippen molar-refractivity contribution in [2.24, 2.45) is 0 Å². The molecule has 2 heterocycles. The number of fused-ring (bicyclic) bond motifs is 1. The fourth-order valence-electron chi connectivity index (χ4n) is 0.800. The summed E-state index contributed by atoms with van der Waals surface area (Å²) in [5, 5.41) is 3.29. The molecule has 0 aliphatic carbocycles. The maximum atomic E-state index is 4.16. The Morgan fingerprint density at radius 1 is 1.13 bits per heavy atom. The summed E-state index contributed by atoms with van der Waals surface area (Å²) in [4.78, 5) is 5.28. The third-order valence-electron chi connectivity index (χ3n) is 1.73. The number of nitrogens with zero attached hydrogens (tertiary/aromatic N) is 1. The summed E-state index contributed by atoms with van der Waals surface area (Å²) in [5.74, 6) is 0. The highest BCUT2D eigenvalue weighted by Crippen LogP contribution is 2.15. The zero-order chi connectivity index (χ0) is 11.5. The van der Waals surface area contributed by atoms with Gasteiger partial charge in [0.2, 0.25) is 0 Å². The highest BCUT2D eigenvalue weighted by Gasteiger charge is 1.89. The highest BCUT2D eigenvalue weighted by molar-refractivity contribution is 7.16. The van der Waals surface area contributed by atoms with Gasteiger partial charge in [-0.3, -0.25) is 0 Å². The van der Waals surface area contributed by atoms with Crippen LogP contribution in [0.4, 0.5) is 0 Å². The van der Waals surface area contributed by atoms with Gasteiger partial charge in [0.1, 0.15) is 4.83 Å². The molecule has 0 N–H and O–H groups in total. The Kier molecular flexibility index (Phi) is 9.08. The van der Waals surface area contributed by atoms with Gasteiger partial charge in [-0.2, -0.15) is 0 Å². The van der Waals surface area contributed by atoms with Gasteiger partial charge in [-0.05, 0) is 17.5 Å². The molecule has 15 heavy (non-hydrogen) atoms. The first-order valence-corrected chi connectivity index (χ1v) is 6.54. The molecule has 84 valence electrons. The van der Waals surface area contributed by atoms with Crippen molar-refractivity contribution in [3.05, 3.63) is 29.8 Å². The van der Waals surface area contributed by atoms with E-state index in [1.165, 1.54) is 18.2 Å². The first-order chi connectivity index (χ1) is 7.38. The maximum absolute atomic E-state index is 4.16. The first-order valence-electron chi connectivity index (χ1n) is 5.66. The Labute approximate surface area is 97.2 Å². The molecule has 0 saturated heterocycles. The number of unbranched alkanes of at least 4 members (excludes halogenated alkanes) is 1. The molecular formula is C13H21NS. The minimum Gasteiger partial charge on any atom is -0.245 e. The zero-order valence-electron chi connectivity index (χ0n) is 10.2. The van der Waals surface area contributed by atoms with Crippen LogP contribution in [0.3, 0.4) is 0 Å².